The van der Waals surface area contributed by atoms with Crippen molar-refractivity contribution in [1.82, 2.24) is 14.7 Å². The Morgan fingerprint density at radius 2 is 1.84 bits per heavy atom. The first-order valence-electron chi connectivity index (χ1n) is 16.4. The first kappa shape index (κ1) is 31.8. The SMILES string of the molecule is CCN1C(=O)[C@H]2[C@H](CC=C3[C@H]2C[C@H]2C(=O)N(c4cc(-c5sc6ccc(Cl)cc6c5C)nn4C)C(=O)[C@@]2(C)[C@H]3c2ccc(O)c(OC)c2)C1=O. The number of amides is 4. The molecule has 2 aliphatic carbocycles. The van der Waals surface area contributed by atoms with Crippen LogP contribution in [0, 0.1) is 36.0 Å². The summed E-state index contributed by atoms with van der Waals surface area (Å²) in [6, 6.07) is 12.5. The fourth-order valence-electron chi connectivity index (χ4n) is 9.08. The van der Waals surface area contributed by atoms with E-state index in [1.54, 1.807) is 48.2 Å². The average Bonchev–Trinajstić information content (AvgIpc) is 3.75. The number of nitrogens with zero attached hydrogens (tertiary/aromatic N) is 4. The number of phenolic OH excluding ortho intramolecular Hbond substituents is 1. The number of allylic oxidation sites excluding steroid dienone is 2. The minimum absolute atomic E-state index is 0.0511. The molecule has 4 heterocycles. The predicted molar refractivity (Wildman–Crippen MR) is 185 cm³/mol. The highest BCUT2D eigenvalue weighted by molar-refractivity contribution is 7.22. The third-order valence-electron chi connectivity index (χ3n) is 11.4. The summed E-state index contributed by atoms with van der Waals surface area (Å²) in [5.74, 6) is -3.49. The van der Waals surface area contributed by atoms with Gasteiger partial charge in [-0.2, -0.15) is 5.10 Å². The van der Waals surface area contributed by atoms with E-state index < -0.39 is 35.0 Å². The van der Waals surface area contributed by atoms with E-state index in [0.29, 0.717) is 28.5 Å². The number of benzene rings is 2. The van der Waals surface area contributed by atoms with E-state index in [4.69, 9.17) is 21.4 Å². The maximum Gasteiger partial charge on any atom is 0.242 e. The number of carbonyl (C=O) groups is 4. The quantitative estimate of drug-likeness (QED) is 0.194. The number of ether oxygens (including phenoxy) is 1. The van der Waals surface area contributed by atoms with Crippen molar-refractivity contribution in [2.24, 2.45) is 36.1 Å². The number of methoxy groups -OCH3 is 1. The number of hydrogen-bond donors (Lipinski definition) is 1. The summed E-state index contributed by atoms with van der Waals surface area (Å²) in [5, 5.41) is 16.9. The molecule has 252 valence electrons. The topological polar surface area (TPSA) is 122 Å². The number of hydrogen-bond acceptors (Lipinski definition) is 8. The Kier molecular flexibility index (Phi) is 7.14. The Labute approximate surface area is 291 Å². The molecular weight excluding hydrogens is 664 g/mol. The van der Waals surface area contributed by atoms with Crippen molar-refractivity contribution < 1.29 is 29.0 Å². The summed E-state index contributed by atoms with van der Waals surface area (Å²) >= 11 is 7.87. The summed E-state index contributed by atoms with van der Waals surface area (Å²) in [5.41, 5.74) is 1.98. The number of thiophene rings is 1. The molecule has 0 radical (unpaired) electrons. The molecule has 4 aliphatic rings. The van der Waals surface area contributed by atoms with Crippen LogP contribution in [0.15, 0.2) is 54.1 Å². The number of halogens is 1. The first-order chi connectivity index (χ1) is 23.4. The van der Waals surface area contributed by atoms with Gasteiger partial charge in [-0.05, 0) is 86.4 Å². The zero-order chi connectivity index (χ0) is 34.7. The molecule has 6 atom stereocenters. The molecule has 0 bridgehead atoms. The lowest BCUT2D eigenvalue weighted by Crippen LogP contribution is -2.48. The van der Waals surface area contributed by atoms with Crippen molar-refractivity contribution in [2.75, 3.05) is 18.6 Å². The van der Waals surface area contributed by atoms with Gasteiger partial charge in [0.25, 0.3) is 0 Å². The van der Waals surface area contributed by atoms with Crippen LogP contribution in [0.4, 0.5) is 5.82 Å². The van der Waals surface area contributed by atoms with Gasteiger partial charge in [0.2, 0.25) is 23.6 Å². The minimum atomic E-state index is -1.24. The van der Waals surface area contributed by atoms with Crippen molar-refractivity contribution in [3.05, 3.63) is 70.3 Å². The Balaban J connectivity index is 1.26. The second-order valence-electron chi connectivity index (χ2n) is 13.7. The second kappa shape index (κ2) is 11.0. The van der Waals surface area contributed by atoms with Crippen molar-refractivity contribution in [3.63, 3.8) is 0 Å². The van der Waals surface area contributed by atoms with Crippen LogP contribution in [0.5, 0.6) is 11.5 Å². The summed E-state index contributed by atoms with van der Waals surface area (Å²) in [4.78, 5) is 60.2. The fourth-order valence-corrected chi connectivity index (χ4v) is 10.4. The molecule has 12 heteroatoms. The summed E-state index contributed by atoms with van der Waals surface area (Å²) < 4.78 is 8.09. The number of carbonyl (C=O) groups excluding carboxylic acids is 4. The summed E-state index contributed by atoms with van der Waals surface area (Å²) in [6.45, 7) is 5.92. The lowest BCUT2D eigenvalue weighted by atomic mass is 9.51. The number of rotatable bonds is 5. The second-order valence-corrected chi connectivity index (χ2v) is 15.2. The molecule has 0 unspecified atom stereocenters. The van der Waals surface area contributed by atoms with Crippen LogP contribution in [-0.2, 0) is 26.2 Å². The molecule has 8 rings (SSSR count). The maximum absolute atomic E-state index is 15.0. The molecule has 10 nitrogen and oxygen atoms in total. The van der Waals surface area contributed by atoms with Crippen LogP contribution in [0.25, 0.3) is 20.7 Å². The zero-order valence-corrected chi connectivity index (χ0v) is 29.3. The first-order valence-corrected chi connectivity index (χ1v) is 17.6. The van der Waals surface area contributed by atoms with Gasteiger partial charge in [0.1, 0.15) is 11.5 Å². The molecule has 2 aliphatic heterocycles. The van der Waals surface area contributed by atoms with Gasteiger partial charge < -0.3 is 9.84 Å². The Bertz CT molecular complexity index is 2170. The van der Waals surface area contributed by atoms with Gasteiger partial charge in [-0.1, -0.05) is 29.3 Å². The highest BCUT2D eigenvalue weighted by Gasteiger charge is 2.68. The molecular formula is C37H35ClN4O6S. The Hall–Kier alpha value is -4.48. The number of imide groups is 2. The third kappa shape index (κ3) is 4.27. The summed E-state index contributed by atoms with van der Waals surface area (Å²) in [7, 11) is 3.18. The molecule has 1 saturated carbocycles. The monoisotopic (exact) mass is 698 g/mol. The molecule has 49 heavy (non-hydrogen) atoms. The van der Waals surface area contributed by atoms with Gasteiger partial charge in [-0.25, -0.2) is 4.90 Å². The van der Waals surface area contributed by atoms with Gasteiger partial charge in [0, 0.05) is 35.3 Å². The van der Waals surface area contributed by atoms with Gasteiger partial charge in [0.05, 0.1) is 35.2 Å². The number of aromatic nitrogens is 2. The zero-order valence-electron chi connectivity index (χ0n) is 27.7. The number of phenols is 1. The molecule has 3 fully saturated rings. The largest absolute Gasteiger partial charge is 0.504 e. The van der Waals surface area contributed by atoms with Gasteiger partial charge in [0.15, 0.2) is 11.5 Å². The van der Waals surface area contributed by atoms with Crippen molar-refractivity contribution in [1.29, 1.82) is 0 Å². The van der Waals surface area contributed by atoms with Crippen molar-refractivity contribution in [3.8, 4) is 22.1 Å². The van der Waals surface area contributed by atoms with E-state index >= 15 is 0 Å². The van der Waals surface area contributed by atoms with Gasteiger partial charge in [-0.15, -0.1) is 11.3 Å². The molecule has 2 saturated heterocycles. The van der Waals surface area contributed by atoms with E-state index in [2.05, 4.69) is 0 Å². The number of aromatic hydroxyl groups is 1. The van der Waals surface area contributed by atoms with Crippen molar-refractivity contribution in [2.45, 2.75) is 39.5 Å². The van der Waals surface area contributed by atoms with E-state index in [1.165, 1.54) is 23.0 Å². The van der Waals surface area contributed by atoms with Gasteiger partial charge >= 0.3 is 0 Å². The smallest absolute Gasteiger partial charge is 0.242 e. The van der Waals surface area contributed by atoms with E-state index in [-0.39, 0.29) is 48.1 Å². The highest BCUT2D eigenvalue weighted by atomic mass is 35.5. The number of aryl methyl sites for hydroxylation is 2. The molecule has 2 aromatic heterocycles. The van der Waals surface area contributed by atoms with E-state index in [9.17, 15) is 24.3 Å². The number of likely N-dealkylation sites (tertiary alicyclic amines) is 1. The van der Waals surface area contributed by atoms with Crippen LogP contribution < -0.4 is 9.64 Å². The Morgan fingerprint density at radius 3 is 2.57 bits per heavy atom. The molecule has 2 aromatic carbocycles. The molecule has 4 aromatic rings. The molecule has 0 spiro atoms. The highest BCUT2D eigenvalue weighted by Crippen LogP contribution is 2.64. The lowest BCUT2D eigenvalue weighted by Gasteiger charge is -2.49. The van der Waals surface area contributed by atoms with Crippen LogP contribution in [-0.4, -0.2) is 57.1 Å². The van der Waals surface area contributed by atoms with E-state index in [0.717, 1.165) is 26.1 Å². The number of fused-ring (bicyclic) bond motifs is 5. The minimum Gasteiger partial charge on any atom is -0.504 e. The average molecular weight is 699 g/mol. The van der Waals surface area contributed by atoms with Crippen LogP contribution in [0.2, 0.25) is 5.02 Å². The molecule has 4 amide bonds. The summed E-state index contributed by atoms with van der Waals surface area (Å²) in [6.07, 6.45) is 2.65. The molecule has 1 N–H and O–H groups in total. The van der Waals surface area contributed by atoms with Crippen LogP contribution in [0.3, 0.4) is 0 Å². The Morgan fingerprint density at radius 1 is 1.06 bits per heavy atom. The lowest BCUT2D eigenvalue weighted by molar-refractivity contribution is -0.140. The van der Waals surface area contributed by atoms with Crippen LogP contribution >= 0.6 is 22.9 Å². The van der Waals surface area contributed by atoms with E-state index in [1.807, 2.05) is 38.1 Å². The fraction of sp³-hybridized carbons (Fsp3) is 0.378. The van der Waals surface area contributed by atoms with Gasteiger partial charge in [-0.3, -0.25) is 28.8 Å². The standard InChI is InChI=1S/C37H35ClN4O6S/c1-6-41-33(44)21-10-9-20-23(30(21)35(41)46)15-24-34(45)42(36(47)37(24,3)31(20)18-7-11-26(43)27(13-18)48-5)29-16-25(39-40(29)4)32-17(2)22-14-19(38)8-12-28(22)49-32/h7-9,11-14,16,21,23-24,30-31,43H,6,10,15H2,1-5H3/t21-,23+,24-,30-,31-,37+/m0/s1. The van der Waals surface area contributed by atoms with Crippen molar-refractivity contribution >= 4 is 62.5 Å². The third-order valence-corrected chi connectivity index (χ3v) is 13.0. The van der Waals surface area contributed by atoms with Crippen LogP contribution in [0.1, 0.15) is 43.7 Å². The normalized spacial score (nSPS) is 27.9. The number of anilines is 1. The predicted octanol–water partition coefficient (Wildman–Crippen LogP) is 6.23. The maximum atomic E-state index is 15.0.